The third-order valence-corrected chi connectivity index (χ3v) is 3.22. The number of fused-ring (bicyclic) bond motifs is 1. The van der Waals surface area contributed by atoms with Crippen LogP contribution in [0.4, 0.5) is 5.82 Å². The maximum Gasteiger partial charge on any atom is 0.170 e. The van der Waals surface area contributed by atoms with Crippen molar-refractivity contribution < 1.29 is 15.0 Å². The first-order valence-corrected chi connectivity index (χ1v) is 5.74. The smallest absolute Gasteiger partial charge is 0.170 e. The molecule has 2 unspecified atom stereocenters. The highest BCUT2D eigenvalue weighted by Crippen LogP contribution is 2.24. The number of aliphatic hydroxyl groups is 2. The minimum atomic E-state index is -0.797. The summed E-state index contributed by atoms with van der Waals surface area (Å²) in [4.78, 5) is 17.3. The van der Waals surface area contributed by atoms with Gasteiger partial charge in [0.25, 0.3) is 0 Å². The number of nitrogens with zero attached hydrogens (tertiary/aromatic N) is 3. The highest BCUT2D eigenvalue weighted by atomic mass is 16.3. The third-order valence-electron chi connectivity index (χ3n) is 3.22. The summed E-state index contributed by atoms with van der Waals surface area (Å²) in [6, 6.07) is 5.47. The Kier molecular flexibility index (Phi) is 2.53. The minimum absolute atomic E-state index is 0.284. The fourth-order valence-corrected chi connectivity index (χ4v) is 2.29. The van der Waals surface area contributed by atoms with Crippen molar-refractivity contribution in [1.29, 1.82) is 0 Å². The predicted molar refractivity (Wildman–Crippen MR) is 64.8 cm³/mol. The largest absolute Gasteiger partial charge is 0.389 e. The Morgan fingerprint density at radius 2 is 2.00 bits per heavy atom. The lowest BCUT2D eigenvalue weighted by Gasteiger charge is -2.14. The zero-order chi connectivity index (χ0) is 12.7. The van der Waals surface area contributed by atoms with Gasteiger partial charge in [0, 0.05) is 19.3 Å². The first-order chi connectivity index (χ1) is 8.70. The quantitative estimate of drug-likeness (QED) is 0.712. The van der Waals surface area contributed by atoms with Gasteiger partial charge in [0.15, 0.2) is 12.1 Å². The van der Waals surface area contributed by atoms with E-state index in [2.05, 4.69) is 4.98 Å². The summed E-state index contributed by atoms with van der Waals surface area (Å²) in [5, 5.41) is 19.1. The summed E-state index contributed by atoms with van der Waals surface area (Å²) >= 11 is 0. The Hall–Kier alpha value is -1.92. The molecule has 2 atom stereocenters. The highest BCUT2D eigenvalue weighted by molar-refractivity contribution is 5.83. The molecule has 1 aliphatic heterocycles. The van der Waals surface area contributed by atoms with E-state index in [1.807, 2.05) is 12.1 Å². The van der Waals surface area contributed by atoms with Crippen LogP contribution in [0.5, 0.6) is 0 Å². The molecule has 1 aliphatic rings. The average molecular weight is 247 g/mol. The van der Waals surface area contributed by atoms with Crippen LogP contribution < -0.4 is 4.90 Å². The van der Waals surface area contributed by atoms with Gasteiger partial charge in [-0.3, -0.25) is 9.20 Å². The van der Waals surface area contributed by atoms with Crippen molar-refractivity contribution >= 4 is 17.8 Å². The molecule has 1 saturated heterocycles. The number of carbonyl (C=O) groups is 1. The molecule has 0 spiro atoms. The van der Waals surface area contributed by atoms with E-state index in [4.69, 9.17) is 0 Å². The predicted octanol–water partition coefficient (Wildman–Crippen LogP) is -0.311. The van der Waals surface area contributed by atoms with Crippen LogP contribution in [-0.2, 0) is 0 Å². The normalized spacial score (nSPS) is 23.8. The minimum Gasteiger partial charge on any atom is -0.389 e. The Morgan fingerprint density at radius 3 is 2.67 bits per heavy atom. The average Bonchev–Trinajstić information content (AvgIpc) is 2.90. The van der Waals surface area contributed by atoms with Gasteiger partial charge < -0.3 is 15.1 Å². The summed E-state index contributed by atoms with van der Waals surface area (Å²) in [5.74, 6) is 0.506. The number of aldehydes is 1. The van der Waals surface area contributed by atoms with E-state index >= 15 is 0 Å². The van der Waals surface area contributed by atoms with Gasteiger partial charge in [-0.1, -0.05) is 6.07 Å². The molecule has 0 bridgehead atoms. The van der Waals surface area contributed by atoms with Crippen molar-refractivity contribution in [1.82, 2.24) is 9.38 Å². The monoisotopic (exact) mass is 247 g/mol. The number of aliphatic hydroxyl groups excluding tert-OH is 2. The first-order valence-electron chi connectivity index (χ1n) is 5.74. The number of imidazole rings is 1. The third kappa shape index (κ3) is 1.58. The number of rotatable bonds is 2. The fourth-order valence-electron chi connectivity index (χ4n) is 2.29. The SMILES string of the molecule is O=Cc1c(N2CC(O)C(O)C2)nc2ccccn12. The van der Waals surface area contributed by atoms with Gasteiger partial charge in [0.2, 0.25) is 0 Å². The Balaban J connectivity index is 2.09. The number of aromatic nitrogens is 2. The summed E-state index contributed by atoms with van der Waals surface area (Å²) in [5.41, 5.74) is 1.11. The van der Waals surface area contributed by atoms with E-state index in [9.17, 15) is 15.0 Å². The van der Waals surface area contributed by atoms with Gasteiger partial charge in [0.05, 0.1) is 12.2 Å². The molecule has 3 heterocycles. The molecule has 1 fully saturated rings. The van der Waals surface area contributed by atoms with Gasteiger partial charge in [-0.2, -0.15) is 0 Å². The van der Waals surface area contributed by atoms with Gasteiger partial charge in [-0.15, -0.1) is 0 Å². The van der Waals surface area contributed by atoms with Crippen LogP contribution in [0, 0.1) is 0 Å². The van der Waals surface area contributed by atoms with Crippen molar-refractivity contribution in [2.75, 3.05) is 18.0 Å². The molecule has 2 N–H and O–H groups in total. The van der Waals surface area contributed by atoms with E-state index in [1.54, 1.807) is 21.6 Å². The topological polar surface area (TPSA) is 78.1 Å². The molecule has 0 amide bonds. The highest BCUT2D eigenvalue weighted by Gasteiger charge is 2.32. The van der Waals surface area contributed by atoms with Gasteiger partial charge in [-0.25, -0.2) is 4.98 Å². The lowest BCUT2D eigenvalue weighted by atomic mass is 10.3. The van der Waals surface area contributed by atoms with E-state index in [0.29, 0.717) is 17.2 Å². The molecule has 18 heavy (non-hydrogen) atoms. The molecule has 0 saturated carbocycles. The molecule has 6 heteroatoms. The number of β-amino-alcohol motifs (C(OH)–C–C–N with tert-alkyl or cyclic N) is 2. The summed E-state index contributed by atoms with van der Waals surface area (Å²) in [6.07, 6.45) is 0.911. The van der Waals surface area contributed by atoms with Crippen LogP contribution in [-0.4, -0.2) is 51.2 Å². The van der Waals surface area contributed by atoms with Gasteiger partial charge >= 0.3 is 0 Å². The van der Waals surface area contributed by atoms with Crippen molar-refractivity contribution in [2.24, 2.45) is 0 Å². The molecule has 94 valence electrons. The number of anilines is 1. The molecular weight excluding hydrogens is 234 g/mol. The van der Waals surface area contributed by atoms with Gasteiger partial charge in [0.1, 0.15) is 11.3 Å². The second-order valence-electron chi connectivity index (χ2n) is 4.41. The molecule has 2 aromatic rings. The lowest BCUT2D eigenvalue weighted by Crippen LogP contribution is -2.22. The van der Waals surface area contributed by atoms with Crippen molar-refractivity contribution in [3.8, 4) is 0 Å². The lowest BCUT2D eigenvalue weighted by molar-refractivity contribution is 0.0572. The number of hydrogen-bond acceptors (Lipinski definition) is 5. The Bertz CT molecular complexity index is 585. The molecule has 0 aliphatic carbocycles. The maximum atomic E-state index is 11.2. The van der Waals surface area contributed by atoms with Crippen LogP contribution in [0.15, 0.2) is 24.4 Å². The van der Waals surface area contributed by atoms with Crippen LogP contribution in [0.2, 0.25) is 0 Å². The van der Waals surface area contributed by atoms with E-state index in [-0.39, 0.29) is 13.1 Å². The molecular formula is C12H13N3O3. The molecule has 3 rings (SSSR count). The zero-order valence-electron chi connectivity index (χ0n) is 9.60. The number of carbonyl (C=O) groups excluding carboxylic acids is 1. The van der Waals surface area contributed by atoms with Crippen molar-refractivity contribution in [3.05, 3.63) is 30.1 Å². The second-order valence-corrected chi connectivity index (χ2v) is 4.41. The number of pyridine rings is 1. The van der Waals surface area contributed by atoms with Crippen LogP contribution in [0.3, 0.4) is 0 Å². The summed E-state index contributed by atoms with van der Waals surface area (Å²) < 4.78 is 1.69. The first kappa shape index (κ1) is 11.2. The van der Waals surface area contributed by atoms with E-state index < -0.39 is 12.2 Å². The Labute approximate surface area is 103 Å². The van der Waals surface area contributed by atoms with Crippen LogP contribution in [0.1, 0.15) is 10.5 Å². The summed E-state index contributed by atoms with van der Waals surface area (Å²) in [7, 11) is 0. The zero-order valence-corrected chi connectivity index (χ0v) is 9.60. The maximum absolute atomic E-state index is 11.2. The van der Waals surface area contributed by atoms with E-state index in [0.717, 1.165) is 6.29 Å². The fraction of sp³-hybridized carbons (Fsp3) is 0.333. The van der Waals surface area contributed by atoms with Crippen molar-refractivity contribution in [2.45, 2.75) is 12.2 Å². The van der Waals surface area contributed by atoms with Crippen LogP contribution in [0.25, 0.3) is 5.65 Å². The second kappa shape index (κ2) is 4.08. The molecule has 2 aromatic heterocycles. The van der Waals surface area contributed by atoms with Crippen molar-refractivity contribution in [3.63, 3.8) is 0 Å². The van der Waals surface area contributed by atoms with Crippen LogP contribution >= 0.6 is 0 Å². The van der Waals surface area contributed by atoms with E-state index in [1.165, 1.54) is 0 Å². The molecule has 6 nitrogen and oxygen atoms in total. The molecule has 0 aromatic carbocycles. The van der Waals surface area contributed by atoms with Gasteiger partial charge in [-0.05, 0) is 12.1 Å². The molecule has 0 radical (unpaired) electrons. The Morgan fingerprint density at radius 1 is 1.28 bits per heavy atom. The standard InChI is InChI=1S/C12H13N3O3/c16-7-8-12(14-5-9(17)10(18)6-14)13-11-3-1-2-4-15(8)11/h1-4,7,9-10,17-18H,5-6H2. The number of hydrogen-bond donors (Lipinski definition) is 2. The summed E-state index contributed by atoms with van der Waals surface area (Å²) in [6.45, 7) is 0.567.